The molecule has 7 heteroatoms. The smallest absolute Gasteiger partial charge is 0.317 e. The highest BCUT2D eigenvalue weighted by molar-refractivity contribution is 7.98. The van der Waals surface area contributed by atoms with Gasteiger partial charge in [0, 0.05) is 12.3 Å². The molecule has 0 saturated carbocycles. The number of thioether (sulfide) groups is 1. The molecule has 1 aromatic carbocycles. The molecule has 0 saturated heterocycles. The molecule has 1 aliphatic heterocycles. The molecule has 1 aromatic heterocycles. The van der Waals surface area contributed by atoms with Crippen molar-refractivity contribution in [1.29, 1.82) is 0 Å². The minimum Gasteiger partial charge on any atom is -0.494 e. The van der Waals surface area contributed by atoms with E-state index in [1.165, 1.54) is 22.1 Å². The first-order chi connectivity index (χ1) is 11.6. The molecule has 0 aliphatic carbocycles. The minimum atomic E-state index is -0.395. The summed E-state index contributed by atoms with van der Waals surface area (Å²) in [5.74, 6) is 0.735. The van der Waals surface area contributed by atoms with Crippen LogP contribution in [0.1, 0.15) is 11.1 Å². The molecule has 0 bridgehead atoms. The number of hydrogen-bond acceptors (Lipinski definition) is 5. The Bertz CT molecular complexity index is 865. The number of carbonyl (C=O) groups excluding carboxylic acids is 1. The first-order valence-corrected chi connectivity index (χ1v) is 9.94. The normalized spacial score (nSPS) is 15.1. The van der Waals surface area contributed by atoms with Crippen LogP contribution < -0.4 is 4.80 Å². The van der Waals surface area contributed by atoms with Crippen molar-refractivity contribution in [3.05, 3.63) is 40.1 Å². The molecule has 3 rings (SSSR count). The van der Waals surface area contributed by atoms with Crippen molar-refractivity contribution in [3.8, 4) is 0 Å². The summed E-state index contributed by atoms with van der Waals surface area (Å²) in [5.41, 5.74) is 3.55. The fourth-order valence-corrected chi connectivity index (χ4v) is 4.09. The number of ether oxygens (including phenoxy) is 2. The van der Waals surface area contributed by atoms with Crippen LogP contribution in [0.4, 0.5) is 0 Å². The summed E-state index contributed by atoms with van der Waals surface area (Å²) in [6.45, 7) is 5.84. The maximum atomic E-state index is 12.4. The van der Waals surface area contributed by atoms with Gasteiger partial charge in [-0.25, -0.2) is 0 Å². The van der Waals surface area contributed by atoms with Crippen molar-refractivity contribution in [3.63, 3.8) is 0 Å². The molecule has 1 amide bonds. The Labute approximate surface area is 149 Å². The van der Waals surface area contributed by atoms with E-state index in [4.69, 9.17) is 9.47 Å². The lowest BCUT2D eigenvalue weighted by Gasteiger charge is -2.12. The van der Waals surface area contributed by atoms with Crippen LogP contribution in [0, 0.1) is 13.8 Å². The van der Waals surface area contributed by atoms with E-state index in [9.17, 15) is 4.79 Å². The number of carbonyl (C=O) groups is 1. The lowest BCUT2D eigenvalue weighted by molar-refractivity contribution is -0.119. The second kappa shape index (κ2) is 7.44. The van der Waals surface area contributed by atoms with Crippen molar-refractivity contribution in [2.75, 3.05) is 25.2 Å². The largest absolute Gasteiger partial charge is 0.494 e. The number of benzene rings is 1. The summed E-state index contributed by atoms with van der Waals surface area (Å²) in [4.78, 5) is 17.4. The zero-order chi connectivity index (χ0) is 17.1. The molecule has 24 heavy (non-hydrogen) atoms. The average Bonchev–Trinajstić information content (AvgIpc) is 2.91. The van der Waals surface area contributed by atoms with E-state index in [0.29, 0.717) is 18.0 Å². The summed E-state index contributed by atoms with van der Waals surface area (Å²) < 4.78 is 13.8. The van der Waals surface area contributed by atoms with Crippen LogP contribution in [-0.2, 0) is 20.8 Å². The number of fused-ring (bicyclic) bond motifs is 1. The van der Waals surface area contributed by atoms with Crippen LogP contribution in [0.25, 0.3) is 10.2 Å². The third-order valence-corrected chi connectivity index (χ3v) is 5.51. The van der Waals surface area contributed by atoms with E-state index in [2.05, 4.69) is 41.8 Å². The number of aromatic nitrogens is 1. The molecular formula is C17H20N2O3S2. The molecular weight excluding hydrogens is 344 g/mol. The lowest BCUT2D eigenvalue weighted by atomic mass is 10.1. The minimum absolute atomic E-state index is 0.169. The van der Waals surface area contributed by atoms with Gasteiger partial charge in [0.1, 0.15) is 19.5 Å². The molecule has 0 unspecified atom stereocenters. The van der Waals surface area contributed by atoms with Gasteiger partial charge in [-0.15, -0.1) is 0 Å². The molecule has 2 heterocycles. The van der Waals surface area contributed by atoms with Crippen molar-refractivity contribution in [1.82, 2.24) is 4.57 Å². The summed E-state index contributed by atoms with van der Waals surface area (Å²) in [7, 11) is 0. The summed E-state index contributed by atoms with van der Waals surface area (Å²) in [5, 5.41) is 0. The maximum Gasteiger partial charge on any atom is 0.317 e. The fraction of sp³-hybridized carbons (Fsp3) is 0.412. The van der Waals surface area contributed by atoms with E-state index >= 15 is 0 Å². The van der Waals surface area contributed by atoms with Crippen LogP contribution in [0.15, 0.2) is 29.1 Å². The Morgan fingerprint density at radius 2 is 2.21 bits per heavy atom. The molecule has 128 valence electrons. The first kappa shape index (κ1) is 17.1. The van der Waals surface area contributed by atoms with Gasteiger partial charge in [0.15, 0.2) is 4.80 Å². The van der Waals surface area contributed by atoms with Crippen LogP contribution in [0.5, 0.6) is 0 Å². The Hall–Kier alpha value is -1.73. The Morgan fingerprint density at radius 3 is 2.92 bits per heavy atom. The first-order valence-electron chi connectivity index (χ1n) is 7.73. The number of aryl methyl sites for hydroxylation is 3. The Balaban J connectivity index is 2.11. The lowest BCUT2D eigenvalue weighted by Crippen LogP contribution is -2.20. The van der Waals surface area contributed by atoms with Crippen LogP contribution >= 0.6 is 23.1 Å². The highest BCUT2D eigenvalue weighted by atomic mass is 32.2. The number of amides is 1. The van der Waals surface area contributed by atoms with Crippen molar-refractivity contribution in [2.45, 2.75) is 20.4 Å². The van der Waals surface area contributed by atoms with Gasteiger partial charge in [-0.3, -0.25) is 4.79 Å². The monoisotopic (exact) mass is 364 g/mol. The summed E-state index contributed by atoms with van der Waals surface area (Å²) >= 11 is 3.32. The van der Waals surface area contributed by atoms with Crippen LogP contribution in [0.2, 0.25) is 0 Å². The van der Waals surface area contributed by atoms with E-state index in [0.717, 1.165) is 17.8 Å². The third kappa shape index (κ3) is 3.52. The summed E-state index contributed by atoms with van der Waals surface area (Å²) in [6, 6.07) is 4.31. The Kier molecular flexibility index (Phi) is 5.30. The fourth-order valence-electron chi connectivity index (χ4n) is 2.62. The van der Waals surface area contributed by atoms with Gasteiger partial charge in [0.05, 0.1) is 10.2 Å². The number of thiazole rings is 1. The predicted octanol–water partition coefficient (Wildman–Crippen LogP) is 3.00. The van der Waals surface area contributed by atoms with Crippen molar-refractivity contribution in [2.24, 2.45) is 4.99 Å². The van der Waals surface area contributed by atoms with Gasteiger partial charge in [-0.1, -0.05) is 17.4 Å². The van der Waals surface area contributed by atoms with Crippen molar-refractivity contribution >= 4 is 39.2 Å². The second-order valence-corrected chi connectivity index (χ2v) is 7.54. The summed E-state index contributed by atoms with van der Waals surface area (Å²) in [6.07, 6.45) is 3.43. The van der Waals surface area contributed by atoms with E-state index < -0.39 is 5.91 Å². The van der Waals surface area contributed by atoms with Gasteiger partial charge in [-0.2, -0.15) is 16.8 Å². The molecule has 0 spiro atoms. The predicted molar refractivity (Wildman–Crippen MR) is 98.2 cm³/mol. The van der Waals surface area contributed by atoms with Gasteiger partial charge in [0.25, 0.3) is 0 Å². The highest BCUT2D eigenvalue weighted by Gasteiger charge is 2.16. The highest BCUT2D eigenvalue weighted by Crippen LogP contribution is 2.23. The van der Waals surface area contributed by atoms with Gasteiger partial charge < -0.3 is 14.0 Å². The van der Waals surface area contributed by atoms with Crippen LogP contribution in [-0.4, -0.2) is 35.7 Å². The van der Waals surface area contributed by atoms with Crippen molar-refractivity contribution < 1.29 is 14.3 Å². The molecule has 1 aliphatic rings. The zero-order valence-electron chi connectivity index (χ0n) is 14.0. The van der Waals surface area contributed by atoms with Gasteiger partial charge >= 0.3 is 5.91 Å². The van der Waals surface area contributed by atoms with Gasteiger partial charge in [-0.05, 0) is 37.3 Å². The topological polar surface area (TPSA) is 52.8 Å². The van der Waals surface area contributed by atoms with Crippen LogP contribution in [0.3, 0.4) is 0 Å². The van der Waals surface area contributed by atoms with E-state index in [-0.39, 0.29) is 5.76 Å². The number of nitrogens with zero attached hydrogens (tertiary/aromatic N) is 2. The molecule has 0 radical (unpaired) electrons. The quantitative estimate of drug-likeness (QED) is 0.837. The standard InChI is InChI=1S/C17H20N2O3S2/c1-11-8-12(2)15-13(9-11)19(4-7-23-3)17(24-15)18-16(20)14-10-21-5-6-22-14/h8-10H,4-7H2,1-3H3. The SMILES string of the molecule is CSCCn1c(=NC(=O)C2=COCCO2)sc2c(C)cc(C)cc21. The zero-order valence-corrected chi connectivity index (χ0v) is 15.6. The molecule has 0 atom stereocenters. The molecule has 0 fully saturated rings. The average molecular weight is 364 g/mol. The Morgan fingerprint density at radius 1 is 1.38 bits per heavy atom. The number of hydrogen-bond donors (Lipinski definition) is 0. The number of rotatable bonds is 4. The second-order valence-electron chi connectivity index (χ2n) is 5.58. The van der Waals surface area contributed by atoms with E-state index in [1.807, 2.05) is 0 Å². The molecule has 2 aromatic rings. The molecule has 5 nitrogen and oxygen atoms in total. The van der Waals surface area contributed by atoms with Gasteiger partial charge in [0.2, 0.25) is 5.76 Å². The third-order valence-electron chi connectivity index (χ3n) is 3.69. The van der Waals surface area contributed by atoms with E-state index in [1.54, 1.807) is 23.1 Å². The maximum absolute atomic E-state index is 12.4. The molecule has 0 N–H and O–H groups in total.